The van der Waals surface area contributed by atoms with Crippen LogP contribution in [0.2, 0.25) is 0 Å². The standard InChI is InChI=1S/C10H16N4O3S/c1-4-14(2)6(15)5-12-9-7(10(16)17-3)8(11)13-18-9/h12H,4-5H2,1-3H3,(H2,11,13). The lowest BCUT2D eigenvalue weighted by molar-refractivity contribution is -0.127. The van der Waals surface area contributed by atoms with E-state index in [2.05, 4.69) is 14.4 Å². The van der Waals surface area contributed by atoms with Crippen molar-refractivity contribution < 1.29 is 14.3 Å². The molecule has 1 rings (SSSR count). The van der Waals surface area contributed by atoms with Gasteiger partial charge in [-0.05, 0) is 18.5 Å². The van der Waals surface area contributed by atoms with Gasteiger partial charge in [-0.15, -0.1) is 0 Å². The van der Waals surface area contributed by atoms with Crippen LogP contribution in [0.15, 0.2) is 0 Å². The van der Waals surface area contributed by atoms with E-state index in [0.29, 0.717) is 11.5 Å². The van der Waals surface area contributed by atoms with Crippen LogP contribution in [-0.2, 0) is 9.53 Å². The molecule has 100 valence electrons. The number of hydrogen-bond acceptors (Lipinski definition) is 7. The summed E-state index contributed by atoms with van der Waals surface area (Å²) in [5, 5.41) is 3.29. The van der Waals surface area contributed by atoms with Gasteiger partial charge >= 0.3 is 5.97 Å². The zero-order valence-corrected chi connectivity index (χ0v) is 11.3. The predicted molar refractivity (Wildman–Crippen MR) is 69.7 cm³/mol. The summed E-state index contributed by atoms with van der Waals surface area (Å²) in [5.41, 5.74) is 5.75. The van der Waals surface area contributed by atoms with Crippen molar-refractivity contribution in [3.63, 3.8) is 0 Å². The molecule has 1 aromatic rings. The quantitative estimate of drug-likeness (QED) is 0.753. The lowest BCUT2D eigenvalue weighted by Crippen LogP contribution is -2.32. The molecule has 1 amide bonds. The van der Waals surface area contributed by atoms with Crippen LogP contribution in [0.25, 0.3) is 0 Å². The van der Waals surface area contributed by atoms with Crippen LogP contribution in [0.4, 0.5) is 10.8 Å². The zero-order chi connectivity index (χ0) is 13.7. The fourth-order valence-electron chi connectivity index (χ4n) is 1.19. The molecule has 0 aliphatic carbocycles. The van der Waals surface area contributed by atoms with Crippen molar-refractivity contribution in [1.29, 1.82) is 0 Å². The molecule has 0 aliphatic heterocycles. The maximum atomic E-state index is 11.6. The van der Waals surface area contributed by atoms with E-state index in [1.54, 1.807) is 11.9 Å². The number of esters is 1. The van der Waals surface area contributed by atoms with Gasteiger partial charge in [0.1, 0.15) is 10.6 Å². The average Bonchev–Trinajstić information content (AvgIpc) is 2.75. The van der Waals surface area contributed by atoms with Gasteiger partial charge < -0.3 is 20.7 Å². The summed E-state index contributed by atoms with van der Waals surface area (Å²) >= 11 is 1.02. The van der Waals surface area contributed by atoms with Gasteiger partial charge in [0, 0.05) is 13.6 Å². The van der Waals surface area contributed by atoms with Gasteiger partial charge in [0.25, 0.3) is 0 Å². The molecule has 8 heteroatoms. The number of ether oxygens (including phenoxy) is 1. The Balaban J connectivity index is 2.74. The van der Waals surface area contributed by atoms with E-state index >= 15 is 0 Å². The van der Waals surface area contributed by atoms with Gasteiger partial charge in [0.2, 0.25) is 5.91 Å². The summed E-state index contributed by atoms with van der Waals surface area (Å²) in [4.78, 5) is 24.6. The molecule has 0 spiro atoms. The highest BCUT2D eigenvalue weighted by molar-refractivity contribution is 7.11. The van der Waals surface area contributed by atoms with Crippen molar-refractivity contribution in [3.8, 4) is 0 Å². The second-order valence-corrected chi connectivity index (χ2v) is 4.30. The molecule has 0 unspecified atom stereocenters. The molecule has 0 atom stereocenters. The number of amides is 1. The van der Waals surface area contributed by atoms with Crippen LogP contribution in [0.3, 0.4) is 0 Å². The molecule has 0 aliphatic rings. The topological polar surface area (TPSA) is 97.5 Å². The summed E-state index contributed by atoms with van der Waals surface area (Å²) in [7, 11) is 2.96. The number of rotatable bonds is 5. The largest absolute Gasteiger partial charge is 0.465 e. The molecule has 3 N–H and O–H groups in total. The van der Waals surface area contributed by atoms with Crippen molar-refractivity contribution in [2.75, 3.05) is 38.3 Å². The van der Waals surface area contributed by atoms with Crippen LogP contribution in [0, 0.1) is 0 Å². The van der Waals surface area contributed by atoms with Crippen LogP contribution in [-0.4, -0.2) is 48.4 Å². The van der Waals surface area contributed by atoms with Gasteiger partial charge in [-0.25, -0.2) is 4.79 Å². The van der Waals surface area contributed by atoms with E-state index in [4.69, 9.17) is 5.73 Å². The SMILES string of the molecule is CCN(C)C(=O)CNc1snc(N)c1C(=O)OC. The lowest BCUT2D eigenvalue weighted by Gasteiger charge is -2.14. The molecule has 0 bridgehead atoms. The first-order valence-electron chi connectivity index (χ1n) is 5.32. The first-order chi connectivity index (χ1) is 8.51. The van der Waals surface area contributed by atoms with Gasteiger partial charge in [-0.2, -0.15) is 4.37 Å². The number of anilines is 2. The molecule has 0 radical (unpaired) electrons. The smallest absolute Gasteiger partial charge is 0.344 e. The van der Waals surface area contributed by atoms with Gasteiger partial charge in [-0.3, -0.25) is 4.79 Å². The molecule has 1 heterocycles. The number of methoxy groups -OCH3 is 1. The van der Waals surface area contributed by atoms with E-state index in [9.17, 15) is 9.59 Å². The fourth-order valence-corrected chi connectivity index (χ4v) is 1.89. The maximum absolute atomic E-state index is 11.6. The van der Waals surface area contributed by atoms with E-state index in [1.807, 2.05) is 6.92 Å². The summed E-state index contributed by atoms with van der Waals surface area (Å²) in [6, 6.07) is 0. The molecule has 1 aromatic heterocycles. The molecule has 0 aromatic carbocycles. The van der Waals surface area contributed by atoms with Crippen molar-refractivity contribution >= 4 is 34.2 Å². The molecular formula is C10H16N4O3S. The Morgan fingerprint density at radius 2 is 2.22 bits per heavy atom. The minimum absolute atomic E-state index is 0.0793. The molecule has 0 saturated heterocycles. The Hall–Kier alpha value is -1.83. The van der Waals surface area contributed by atoms with Crippen molar-refractivity contribution in [2.45, 2.75) is 6.92 Å². The Bertz CT molecular complexity index is 446. The van der Waals surface area contributed by atoms with Crippen LogP contribution in [0.5, 0.6) is 0 Å². The third-order valence-corrected chi connectivity index (χ3v) is 3.23. The summed E-state index contributed by atoms with van der Waals surface area (Å²) < 4.78 is 8.46. The number of nitrogens with one attached hydrogen (secondary N) is 1. The molecule has 0 fully saturated rings. The van der Waals surface area contributed by atoms with Gasteiger partial charge in [0.05, 0.1) is 13.7 Å². The number of carbonyl (C=O) groups excluding carboxylic acids is 2. The third kappa shape index (κ3) is 3.10. The van der Waals surface area contributed by atoms with Crippen LogP contribution in [0.1, 0.15) is 17.3 Å². The Kier molecular flexibility index (Phi) is 4.90. The number of nitrogens with two attached hydrogens (primary N) is 1. The van der Waals surface area contributed by atoms with E-state index in [1.165, 1.54) is 7.11 Å². The van der Waals surface area contributed by atoms with Crippen molar-refractivity contribution in [2.24, 2.45) is 0 Å². The predicted octanol–water partition coefficient (Wildman–Crippen LogP) is 0.402. The number of hydrogen-bond donors (Lipinski definition) is 2. The minimum Gasteiger partial charge on any atom is -0.465 e. The first kappa shape index (κ1) is 14.2. The van der Waals surface area contributed by atoms with Crippen LogP contribution >= 0.6 is 11.5 Å². The molecular weight excluding hydrogens is 256 g/mol. The van der Waals surface area contributed by atoms with Crippen molar-refractivity contribution in [1.82, 2.24) is 9.27 Å². The second kappa shape index (κ2) is 6.20. The number of carbonyl (C=O) groups is 2. The monoisotopic (exact) mass is 272 g/mol. The third-order valence-electron chi connectivity index (χ3n) is 2.41. The Morgan fingerprint density at radius 1 is 1.56 bits per heavy atom. The molecule has 18 heavy (non-hydrogen) atoms. The number of likely N-dealkylation sites (N-methyl/N-ethyl adjacent to an activating group) is 1. The number of aromatic nitrogens is 1. The normalized spacial score (nSPS) is 9.94. The minimum atomic E-state index is -0.569. The van der Waals surface area contributed by atoms with Gasteiger partial charge in [0.15, 0.2) is 5.82 Å². The number of nitrogens with zero attached hydrogens (tertiary/aromatic N) is 2. The molecule has 7 nitrogen and oxygen atoms in total. The summed E-state index contributed by atoms with van der Waals surface area (Å²) in [5.74, 6) is -0.550. The average molecular weight is 272 g/mol. The first-order valence-corrected chi connectivity index (χ1v) is 6.09. The summed E-state index contributed by atoms with van der Waals surface area (Å²) in [6.45, 7) is 2.58. The highest BCUT2D eigenvalue weighted by Crippen LogP contribution is 2.27. The highest BCUT2D eigenvalue weighted by atomic mass is 32.1. The van der Waals surface area contributed by atoms with Crippen LogP contribution < -0.4 is 11.1 Å². The van der Waals surface area contributed by atoms with E-state index < -0.39 is 5.97 Å². The maximum Gasteiger partial charge on any atom is 0.344 e. The molecule has 0 saturated carbocycles. The van der Waals surface area contributed by atoms with Crippen molar-refractivity contribution in [3.05, 3.63) is 5.56 Å². The zero-order valence-electron chi connectivity index (χ0n) is 10.5. The van der Waals surface area contributed by atoms with E-state index in [0.717, 1.165) is 11.5 Å². The fraction of sp³-hybridized carbons (Fsp3) is 0.500. The Morgan fingerprint density at radius 3 is 2.78 bits per heavy atom. The lowest BCUT2D eigenvalue weighted by atomic mass is 10.3. The number of nitrogen functional groups attached to an aromatic ring is 1. The van der Waals surface area contributed by atoms with Gasteiger partial charge in [-0.1, -0.05) is 0 Å². The Labute approximate surface area is 109 Å². The van der Waals surface area contributed by atoms with E-state index in [-0.39, 0.29) is 23.8 Å². The second-order valence-electron chi connectivity index (χ2n) is 3.52. The summed E-state index contributed by atoms with van der Waals surface area (Å²) in [6.07, 6.45) is 0. The highest BCUT2D eigenvalue weighted by Gasteiger charge is 2.20.